The van der Waals surface area contributed by atoms with Crippen LogP contribution in [0.3, 0.4) is 0 Å². The van der Waals surface area contributed by atoms with Crippen molar-refractivity contribution in [3.63, 3.8) is 0 Å². The molecule has 1 saturated heterocycles. The molecule has 1 aromatic heterocycles. The summed E-state index contributed by atoms with van der Waals surface area (Å²) in [6.45, 7) is 2.25. The zero-order valence-corrected chi connectivity index (χ0v) is 8.61. The van der Waals surface area contributed by atoms with Crippen LogP contribution >= 0.6 is 0 Å². The summed E-state index contributed by atoms with van der Waals surface area (Å²) in [4.78, 5) is 4.39. The average Bonchev–Trinajstić information content (AvgIpc) is 2.82. The number of hydrogen-bond donors (Lipinski definition) is 1. The first-order valence-corrected chi connectivity index (χ1v) is 5.49. The molecule has 1 aromatic carbocycles. The standard InChI is InChI=1S/C13H14N2/c1-3-11(10-6-8-14-9-10)12-4-2-7-15-13(12)5-1/h1-5,7,10,14H,6,8-9H2. The minimum atomic E-state index is 0.665. The molecule has 1 atom stereocenters. The molecular formula is C13H14N2. The summed E-state index contributed by atoms with van der Waals surface area (Å²) in [5, 5.41) is 4.73. The molecule has 3 rings (SSSR count). The van der Waals surface area contributed by atoms with Crippen LogP contribution in [0.4, 0.5) is 0 Å². The molecule has 2 heterocycles. The van der Waals surface area contributed by atoms with E-state index in [4.69, 9.17) is 0 Å². The summed E-state index contributed by atoms with van der Waals surface area (Å²) in [7, 11) is 0. The molecule has 0 spiro atoms. The summed E-state index contributed by atoms with van der Waals surface area (Å²) in [5.74, 6) is 0.665. The zero-order valence-electron chi connectivity index (χ0n) is 8.61. The van der Waals surface area contributed by atoms with Gasteiger partial charge in [0.25, 0.3) is 0 Å². The summed E-state index contributed by atoms with van der Waals surface area (Å²) >= 11 is 0. The van der Waals surface area contributed by atoms with Crippen molar-refractivity contribution in [3.05, 3.63) is 42.1 Å². The Balaban J connectivity index is 2.16. The Kier molecular flexibility index (Phi) is 2.14. The molecule has 76 valence electrons. The summed E-state index contributed by atoms with van der Waals surface area (Å²) in [5.41, 5.74) is 2.56. The molecule has 0 saturated carbocycles. The molecule has 0 aliphatic carbocycles. The summed E-state index contributed by atoms with van der Waals surface area (Å²) < 4.78 is 0. The highest BCUT2D eigenvalue weighted by Gasteiger charge is 2.18. The van der Waals surface area contributed by atoms with E-state index in [0.29, 0.717) is 5.92 Å². The SMILES string of the molecule is c1cc(C2CCNC2)c2cccnc2c1. The second-order valence-corrected chi connectivity index (χ2v) is 4.11. The highest BCUT2D eigenvalue weighted by molar-refractivity contribution is 5.82. The predicted molar refractivity (Wildman–Crippen MR) is 62.0 cm³/mol. The fourth-order valence-electron chi connectivity index (χ4n) is 2.40. The molecule has 1 unspecified atom stereocenters. The fourth-order valence-corrected chi connectivity index (χ4v) is 2.40. The van der Waals surface area contributed by atoms with Gasteiger partial charge in [0, 0.05) is 18.1 Å². The minimum absolute atomic E-state index is 0.665. The van der Waals surface area contributed by atoms with Crippen LogP contribution in [0.15, 0.2) is 36.5 Å². The first kappa shape index (κ1) is 8.86. The molecule has 1 aliphatic rings. The van der Waals surface area contributed by atoms with E-state index in [0.717, 1.165) is 18.6 Å². The minimum Gasteiger partial charge on any atom is -0.316 e. The van der Waals surface area contributed by atoms with Crippen molar-refractivity contribution < 1.29 is 0 Å². The van der Waals surface area contributed by atoms with E-state index in [1.54, 1.807) is 0 Å². The van der Waals surface area contributed by atoms with Gasteiger partial charge in [-0.3, -0.25) is 4.98 Å². The molecule has 1 N–H and O–H groups in total. The first-order chi connectivity index (χ1) is 7.45. The molecule has 2 heteroatoms. The summed E-state index contributed by atoms with van der Waals surface area (Å²) in [6, 6.07) is 10.6. The van der Waals surface area contributed by atoms with Crippen molar-refractivity contribution in [2.24, 2.45) is 0 Å². The van der Waals surface area contributed by atoms with E-state index in [-0.39, 0.29) is 0 Å². The molecule has 0 amide bonds. The van der Waals surface area contributed by atoms with Crippen molar-refractivity contribution in [2.75, 3.05) is 13.1 Å². The van der Waals surface area contributed by atoms with Crippen LogP contribution in [0.5, 0.6) is 0 Å². The first-order valence-electron chi connectivity index (χ1n) is 5.49. The predicted octanol–water partition coefficient (Wildman–Crippen LogP) is 2.31. The Morgan fingerprint density at radius 1 is 1.20 bits per heavy atom. The second-order valence-electron chi connectivity index (χ2n) is 4.11. The van der Waals surface area contributed by atoms with Crippen LogP contribution in [0, 0.1) is 0 Å². The third-order valence-corrected chi connectivity index (χ3v) is 3.18. The lowest BCUT2D eigenvalue weighted by atomic mass is 9.94. The number of aromatic nitrogens is 1. The molecule has 15 heavy (non-hydrogen) atoms. The molecule has 2 nitrogen and oxygen atoms in total. The van der Waals surface area contributed by atoms with E-state index < -0.39 is 0 Å². The van der Waals surface area contributed by atoms with Gasteiger partial charge >= 0.3 is 0 Å². The number of nitrogens with one attached hydrogen (secondary N) is 1. The Hall–Kier alpha value is -1.41. The highest BCUT2D eigenvalue weighted by Crippen LogP contribution is 2.28. The second kappa shape index (κ2) is 3.63. The number of rotatable bonds is 1. The van der Waals surface area contributed by atoms with Gasteiger partial charge in [0.05, 0.1) is 5.52 Å². The number of nitrogens with zero attached hydrogens (tertiary/aromatic N) is 1. The molecule has 2 aromatic rings. The van der Waals surface area contributed by atoms with Crippen LogP contribution < -0.4 is 5.32 Å². The van der Waals surface area contributed by atoms with Gasteiger partial charge in [0.15, 0.2) is 0 Å². The molecular weight excluding hydrogens is 184 g/mol. The number of hydrogen-bond acceptors (Lipinski definition) is 2. The van der Waals surface area contributed by atoms with E-state index in [2.05, 4.69) is 34.6 Å². The zero-order chi connectivity index (χ0) is 10.1. The molecule has 1 fully saturated rings. The maximum Gasteiger partial charge on any atom is 0.0704 e. The maximum atomic E-state index is 4.39. The number of fused-ring (bicyclic) bond motifs is 1. The Labute approximate surface area is 89.3 Å². The van der Waals surface area contributed by atoms with E-state index in [1.807, 2.05) is 12.3 Å². The number of benzene rings is 1. The molecule has 0 bridgehead atoms. The Morgan fingerprint density at radius 3 is 3.07 bits per heavy atom. The van der Waals surface area contributed by atoms with Crippen molar-refractivity contribution >= 4 is 10.9 Å². The summed E-state index contributed by atoms with van der Waals surface area (Å²) in [6.07, 6.45) is 3.10. The van der Waals surface area contributed by atoms with Gasteiger partial charge in [-0.2, -0.15) is 0 Å². The van der Waals surface area contributed by atoms with Gasteiger partial charge in [-0.1, -0.05) is 18.2 Å². The third kappa shape index (κ3) is 1.51. The van der Waals surface area contributed by atoms with Gasteiger partial charge in [0.1, 0.15) is 0 Å². The van der Waals surface area contributed by atoms with Gasteiger partial charge < -0.3 is 5.32 Å². The highest BCUT2D eigenvalue weighted by atomic mass is 14.9. The van der Waals surface area contributed by atoms with Gasteiger partial charge in [0.2, 0.25) is 0 Å². The largest absolute Gasteiger partial charge is 0.316 e. The van der Waals surface area contributed by atoms with E-state index in [1.165, 1.54) is 17.4 Å². The lowest BCUT2D eigenvalue weighted by molar-refractivity contribution is 0.770. The lowest BCUT2D eigenvalue weighted by Crippen LogP contribution is -2.08. The maximum absolute atomic E-state index is 4.39. The van der Waals surface area contributed by atoms with Gasteiger partial charge in [-0.15, -0.1) is 0 Å². The van der Waals surface area contributed by atoms with Gasteiger partial charge in [-0.25, -0.2) is 0 Å². The Bertz CT molecular complexity index is 467. The third-order valence-electron chi connectivity index (χ3n) is 3.18. The topological polar surface area (TPSA) is 24.9 Å². The van der Waals surface area contributed by atoms with Gasteiger partial charge in [-0.05, 0) is 36.6 Å². The van der Waals surface area contributed by atoms with Crippen molar-refractivity contribution in [3.8, 4) is 0 Å². The Morgan fingerprint density at radius 2 is 2.20 bits per heavy atom. The molecule has 1 aliphatic heterocycles. The van der Waals surface area contributed by atoms with Crippen molar-refractivity contribution in [1.82, 2.24) is 10.3 Å². The fraction of sp³-hybridized carbons (Fsp3) is 0.308. The van der Waals surface area contributed by atoms with Crippen LogP contribution in [0.1, 0.15) is 17.9 Å². The average molecular weight is 198 g/mol. The quantitative estimate of drug-likeness (QED) is 0.760. The number of pyridine rings is 1. The lowest BCUT2D eigenvalue weighted by Gasteiger charge is -2.11. The normalized spacial score (nSPS) is 20.9. The smallest absolute Gasteiger partial charge is 0.0704 e. The monoisotopic (exact) mass is 198 g/mol. The van der Waals surface area contributed by atoms with E-state index >= 15 is 0 Å². The van der Waals surface area contributed by atoms with Crippen LogP contribution in [0.2, 0.25) is 0 Å². The van der Waals surface area contributed by atoms with Crippen LogP contribution in [-0.4, -0.2) is 18.1 Å². The van der Waals surface area contributed by atoms with Crippen LogP contribution in [0.25, 0.3) is 10.9 Å². The van der Waals surface area contributed by atoms with E-state index in [9.17, 15) is 0 Å². The molecule has 0 radical (unpaired) electrons. The van der Waals surface area contributed by atoms with Crippen molar-refractivity contribution in [2.45, 2.75) is 12.3 Å². The van der Waals surface area contributed by atoms with Crippen molar-refractivity contribution in [1.29, 1.82) is 0 Å². The van der Waals surface area contributed by atoms with Crippen LogP contribution in [-0.2, 0) is 0 Å².